The van der Waals surface area contributed by atoms with E-state index >= 15 is 0 Å². The summed E-state index contributed by atoms with van der Waals surface area (Å²) in [6, 6.07) is 12.5. The zero-order chi connectivity index (χ0) is 24.9. The molecule has 0 aliphatic carbocycles. The first-order valence-electron chi connectivity index (χ1n) is 11.5. The van der Waals surface area contributed by atoms with E-state index in [-0.39, 0.29) is 11.7 Å². The minimum atomic E-state index is -0.307. The van der Waals surface area contributed by atoms with Crippen LogP contribution in [0.5, 0.6) is 0 Å². The van der Waals surface area contributed by atoms with E-state index in [2.05, 4.69) is 35.4 Å². The Balaban J connectivity index is 1.61. The van der Waals surface area contributed by atoms with Crippen molar-refractivity contribution in [2.45, 2.75) is 13.3 Å². The summed E-state index contributed by atoms with van der Waals surface area (Å²) in [5.41, 5.74) is 4.28. The van der Waals surface area contributed by atoms with Crippen molar-refractivity contribution in [2.75, 3.05) is 49.8 Å². The maximum Gasteiger partial charge on any atom is 0.227 e. The van der Waals surface area contributed by atoms with E-state index in [1.807, 2.05) is 52.3 Å². The van der Waals surface area contributed by atoms with E-state index in [1.54, 1.807) is 24.5 Å². The first-order valence-corrected chi connectivity index (χ1v) is 11.5. The van der Waals surface area contributed by atoms with Crippen LogP contribution in [-0.2, 0) is 4.79 Å². The summed E-state index contributed by atoms with van der Waals surface area (Å²) in [5, 5.41) is 6.98. The number of rotatable bonds is 9. The van der Waals surface area contributed by atoms with Crippen LogP contribution in [0.2, 0.25) is 0 Å². The molecule has 0 unspecified atom stereocenters. The number of anilines is 4. The zero-order valence-electron chi connectivity index (χ0n) is 20.4. The molecular formula is C26H30FN7O. The van der Waals surface area contributed by atoms with Gasteiger partial charge in [-0.2, -0.15) is 0 Å². The molecule has 0 aliphatic heterocycles. The second-order valence-corrected chi connectivity index (χ2v) is 8.61. The minimum Gasteiger partial charge on any atom is -0.372 e. The number of H-pyrrole nitrogens is 1. The Hall–Kier alpha value is -3.98. The average Bonchev–Trinajstić information content (AvgIpc) is 3.28. The minimum absolute atomic E-state index is 0.0609. The Morgan fingerprint density at radius 3 is 2.71 bits per heavy atom. The van der Waals surface area contributed by atoms with Crippen LogP contribution in [-0.4, -0.2) is 60.0 Å². The summed E-state index contributed by atoms with van der Waals surface area (Å²) in [7, 11) is 6.06. The Bertz CT molecular complexity index is 1330. The molecule has 182 valence electrons. The summed E-state index contributed by atoms with van der Waals surface area (Å²) < 4.78 is 14.1. The first-order chi connectivity index (χ1) is 16.9. The summed E-state index contributed by atoms with van der Waals surface area (Å²) in [5.74, 6) is 0.0300. The fraction of sp³-hybridized carbons (Fsp3) is 0.269. The number of carbonyl (C=O) groups is 1. The SMILES string of the molecule is CCC(=O)Nc1cc(Nc2nccc(-c3c[nH]c4c(F)cccc34)n2)ccc1N(C)CCN(C)C. The lowest BCUT2D eigenvalue weighted by Gasteiger charge is -2.25. The normalized spacial score (nSPS) is 11.1. The van der Waals surface area contributed by atoms with Crippen LogP contribution in [0, 0.1) is 5.82 Å². The van der Waals surface area contributed by atoms with Gasteiger partial charge in [-0.1, -0.05) is 19.1 Å². The van der Waals surface area contributed by atoms with Gasteiger partial charge in [-0.25, -0.2) is 14.4 Å². The molecule has 2 aromatic heterocycles. The van der Waals surface area contributed by atoms with Crippen molar-refractivity contribution >= 4 is 39.8 Å². The molecule has 2 aromatic carbocycles. The number of benzene rings is 2. The molecule has 4 rings (SSSR count). The molecule has 3 N–H and O–H groups in total. The van der Waals surface area contributed by atoms with Crippen molar-refractivity contribution in [1.82, 2.24) is 19.9 Å². The molecular weight excluding hydrogens is 445 g/mol. The standard InChI is InChI=1S/C26H30FN7O/c1-5-24(35)31-22-15-17(9-10-23(22)34(4)14-13-33(2)3)30-26-28-12-11-21(32-26)19-16-29-25-18(19)7-6-8-20(25)27/h6-12,15-16,29H,5,13-14H2,1-4H3,(H,31,35)(H,28,30,32). The monoisotopic (exact) mass is 475 g/mol. The zero-order valence-corrected chi connectivity index (χ0v) is 20.4. The smallest absolute Gasteiger partial charge is 0.227 e. The molecule has 2 heterocycles. The maximum atomic E-state index is 14.1. The largest absolute Gasteiger partial charge is 0.372 e. The topological polar surface area (TPSA) is 89.2 Å². The van der Waals surface area contributed by atoms with E-state index in [0.29, 0.717) is 29.3 Å². The highest BCUT2D eigenvalue weighted by Crippen LogP contribution is 2.31. The quantitative estimate of drug-likeness (QED) is 0.321. The third-order valence-corrected chi connectivity index (χ3v) is 5.74. The van der Waals surface area contributed by atoms with Gasteiger partial charge >= 0.3 is 0 Å². The van der Waals surface area contributed by atoms with Crippen molar-refractivity contribution in [1.29, 1.82) is 0 Å². The molecule has 1 amide bonds. The van der Waals surface area contributed by atoms with Crippen LogP contribution in [0.1, 0.15) is 13.3 Å². The van der Waals surface area contributed by atoms with Crippen molar-refractivity contribution in [2.24, 2.45) is 0 Å². The number of para-hydroxylation sites is 1. The number of nitrogens with zero attached hydrogens (tertiary/aromatic N) is 4. The van der Waals surface area contributed by atoms with E-state index in [1.165, 1.54) is 6.07 Å². The maximum absolute atomic E-state index is 14.1. The number of hydrogen-bond acceptors (Lipinski definition) is 6. The molecule has 8 nitrogen and oxygen atoms in total. The second kappa shape index (κ2) is 10.5. The summed E-state index contributed by atoms with van der Waals surface area (Å²) in [4.78, 5) is 28.4. The van der Waals surface area contributed by atoms with Crippen LogP contribution in [0.25, 0.3) is 22.2 Å². The molecule has 0 saturated carbocycles. The molecule has 0 saturated heterocycles. The molecule has 0 spiro atoms. The number of nitrogens with one attached hydrogen (secondary N) is 3. The van der Waals surface area contributed by atoms with Gasteiger partial charge in [-0.05, 0) is 44.4 Å². The van der Waals surface area contributed by atoms with Crippen molar-refractivity contribution in [3.8, 4) is 11.3 Å². The van der Waals surface area contributed by atoms with Gasteiger partial charge < -0.3 is 25.4 Å². The van der Waals surface area contributed by atoms with Crippen molar-refractivity contribution in [3.05, 3.63) is 60.7 Å². The van der Waals surface area contributed by atoms with E-state index in [4.69, 9.17) is 0 Å². The summed E-state index contributed by atoms with van der Waals surface area (Å²) in [6.45, 7) is 3.52. The Morgan fingerprint density at radius 2 is 1.94 bits per heavy atom. The Labute approximate surface area is 204 Å². The van der Waals surface area contributed by atoms with Gasteiger partial charge in [0.15, 0.2) is 0 Å². The number of halogens is 1. The molecule has 0 radical (unpaired) electrons. The molecule has 0 atom stereocenters. The molecule has 9 heteroatoms. The van der Waals surface area contributed by atoms with Crippen molar-refractivity contribution in [3.63, 3.8) is 0 Å². The summed E-state index contributed by atoms with van der Waals surface area (Å²) in [6.07, 6.45) is 3.79. The highest BCUT2D eigenvalue weighted by molar-refractivity contribution is 5.96. The lowest BCUT2D eigenvalue weighted by Crippen LogP contribution is -2.29. The fourth-order valence-corrected chi connectivity index (χ4v) is 3.78. The molecule has 0 fully saturated rings. The van der Waals surface area contributed by atoms with Crippen LogP contribution in [0.15, 0.2) is 54.9 Å². The molecule has 35 heavy (non-hydrogen) atoms. The lowest BCUT2D eigenvalue weighted by molar-refractivity contribution is -0.115. The van der Waals surface area contributed by atoms with Crippen LogP contribution >= 0.6 is 0 Å². The number of aromatic nitrogens is 3. The van der Waals surface area contributed by atoms with Crippen LogP contribution in [0.3, 0.4) is 0 Å². The average molecular weight is 476 g/mol. The number of fused-ring (bicyclic) bond motifs is 1. The van der Waals surface area contributed by atoms with Gasteiger partial charge in [-0.3, -0.25) is 4.79 Å². The highest BCUT2D eigenvalue weighted by Gasteiger charge is 2.14. The third-order valence-electron chi connectivity index (χ3n) is 5.74. The first kappa shape index (κ1) is 24.2. The third kappa shape index (κ3) is 5.58. The van der Waals surface area contributed by atoms with Gasteiger partial charge in [0.1, 0.15) is 5.82 Å². The molecule has 0 bridgehead atoms. The van der Waals surface area contributed by atoms with E-state index < -0.39 is 0 Å². The van der Waals surface area contributed by atoms with Gasteiger partial charge in [0.25, 0.3) is 0 Å². The predicted octanol–water partition coefficient (Wildman–Crippen LogP) is 4.85. The highest BCUT2D eigenvalue weighted by atomic mass is 19.1. The van der Waals surface area contributed by atoms with Gasteiger partial charge in [0.05, 0.1) is 22.6 Å². The van der Waals surface area contributed by atoms with E-state index in [9.17, 15) is 9.18 Å². The number of carbonyl (C=O) groups excluding carboxylic acids is 1. The van der Waals surface area contributed by atoms with Gasteiger partial charge in [0, 0.05) is 55.6 Å². The lowest BCUT2D eigenvalue weighted by atomic mass is 10.1. The van der Waals surface area contributed by atoms with Gasteiger partial charge in [-0.15, -0.1) is 0 Å². The van der Waals surface area contributed by atoms with Crippen molar-refractivity contribution < 1.29 is 9.18 Å². The molecule has 4 aromatic rings. The van der Waals surface area contributed by atoms with Crippen LogP contribution < -0.4 is 15.5 Å². The Kier molecular flexibility index (Phi) is 7.26. The number of likely N-dealkylation sites (N-methyl/N-ethyl adjacent to an activating group) is 2. The number of hydrogen-bond donors (Lipinski definition) is 3. The molecule has 0 aliphatic rings. The number of aromatic amines is 1. The predicted molar refractivity (Wildman–Crippen MR) is 140 cm³/mol. The number of amides is 1. The fourth-order valence-electron chi connectivity index (χ4n) is 3.78. The van der Waals surface area contributed by atoms with E-state index in [0.717, 1.165) is 35.4 Å². The second-order valence-electron chi connectivity index (χ2n) is 8.61. The van der Waals surface area contributed by atoms with Gasteiger partial charge in [0.2, 0.25) is 11.9 Å². The van der Waals surface area contributed by atoms with Crippen LogP contribution in [0.4, 0.5) is 27.4 Å². The Morgan fingerprint density at radius 1 is 1.11 bits per heavy atom. The summed E-state index contributed by atoms with van der Waals surface area (Å²) >= 11 is 0.